The Labute approximate surface area is 152 Å². The van der Waals surface area contributed by atoms with Crippen molar-refractivity contribution in [2.45, 2.75) is 45.7 Å². The Morgan fingerprint density at radius 3 is 2.33 bits per heavy atom. The van der Waals surface area contributed by atoms with Crippen LogP contribution >= 0.6 is 0 Å². The molecule has 1 heterocycles. The molecule has 0 bridgehead atoms. The Balaban J connectivity index is 2.30. The van der Waals surface area contributed by atoms with E-state index in [1.54, 1.807) is 20.8 Å². The first-order valence-electron chi connectivity index (χ1n) is 8.03. The third-order valence-corrected chi connectivity index (χ3v) is 3.66. The van der Waals surface area contributed by atoms with E-state index in [-0.39, 0.29) is 11.7 Å². The van der Waals surface area contributed by atoms with E-state index in [4.69, 9.17) is 10.1 Å². The SMILES string of the molecule is CC(C)(C)C(=O)OCN(C(=N)c1cc(C(F)(F)F)nc(C2CC2)n1)C(=O)O. The molecule has 0 aromatic carbocycles. The highest BCUT2D eigenvalue weighted by Crippen LogP contribution is 2.39. The number of nitrogens with zero attached hydrogens (tertiary/aromatic N) is 3. The van der Waals surface area contributed by atoms with E-state index >= 15 is 0 Å². The Morgan fingerprint density at radius 1 is 1.30 bits per heavy atom. The van der Waals surface area contributed by atoms with Gasteiger partial charge in [-0.25, -0.2) is 19.7 Å². The molecule has 11 heteroatoms. The van der Waals surface area contributed by atoms with Crippen LogP contribution in [0.3, 0.4) is 0 Å². The molecule has 8 nitrogen and oxygen atoms in total. The molecule has 0 spiro atoms. The Kier molecular flexibility index (Phi) is 5.43. The van der Waals surface area contributed by atoms with Crippen LogP contribution in [0.1, 0.15) is 56.7 Å². The molecule has 1 aromatic heterocycles. The molecule has 148 valence electrons. The van der Waals surface area contributed by atoms with E-state index in [0.29, 0.717) is 23.8 Å². The summed E-state index contributed by atoms with van der Waals surface area (Å²) in [5.74, 6) is -1.88. The van der Waals surface area contributed by atoms with Crippen molar-refractivity contribution < 1.29 is 32.6 Å². The number of rotatable bonds is 4. The van der Waals surface area contributed by atoms with Gasteiger partial charge in [-0.1, -0.05) is 0 Å². The molecule has 1 aromatic rings. The van der Waals surface area contributed by atoms with Crippen LogP contribution in [0.25, 0.3) is 0 Å². The zero-order valence-electron chi connectivity index (χ0n) is 14.9. The van der Waals surface area contributed by atoms with Crippen LogP contribution in [0.5, 0.6) is 0 Å². The fourth-order valence-electron chi connectivity index (χ4n) is 1.95. The first-order chi connectivity index (χ1) is 12.3. The number of hydrogen-bond acceptors (Lipinski definition) is 6. The average molecular weight is 388 g/mol. The largest absolute Gasteiger partial charge is 0.465 e. The summed E-state index contributed by atoms with van der Waals surface area (Å²) in [5, 5.41) is 17.2. The maximum absolute atomic E-state index is 13.1. The molecule has 1 saturated carbocycles. The summed E-state index contributed by atoms with van der Waals surface area (Å²) in [5.41, 5.74) is -2.67. The predicted octanol–water partition coefficient (Wildman–Crippen LogP) is 3.22. The molecule has 1 fully saturated rings. The lowest BCUT2D eigenvalue weighted by Crippen LogP contribution is -2.40. The van der Waals surface area contributed by atoms with E-state index in [2.05, 4.69) is 9.97 Å². The topological polar surface area (TPSA) is 116 Å². The van der Waals surface area contributed by atoms with Crippen LogP contribution in [0.15, 0.2) is 6.07 Å². The molecular formula is C16H19F3N4O4. The number of nitrogens with one attached hydrogen (secondary N) is 1. The van der Waals surface area contributed by atoms with Crippen molar-refractivity contribution in [3.63, 3.8) is 0 Å². The Bertz CT molecular complexity index is 770. The zero-order chi connectivity index (χ0) is 20.6. The number of aromatic nitrogens is 2. The molecule has 0 saturated heterocycles. The standard InChI is InChI=1S/C16H19F3N4O4/c1-15(2,3)13(24)27-7-23(14(25)26)11(20)9-6-10(16(17,18)19)22-12(21-9)8-4-5-8/h6,8,20H,4-5,7H2,1-3H3,(H,25,26). The zero-order valence-corrected chi connectivity index (χ0v) is 14.9. The second-order valence-electron chi connectivity index (χ2n) is 7.14. The van der Waals surface area contributed by atoms with Gasteiger partial charge in [0.2, 0.25) is 0 Å². The van der Waals surface area contributed by atoms with Crippen LogP contribution in [0.4, 0.5) is 18.0 Å². The van der Waals surface area contributed by atoms with Gasteiger partial charge in [-0.15, -0.1) is 0 Å². The van der Waals surface area contributed by atoms with Gasteiger partial charge in [0, 0.05) is 5.92 Å². The number of halogens is 3. The van der Waals surface area contributed by atoms with Gasteiger partial charge in [0.05, 0.1) is 5.41 Å². The average Bonchev–Trinajstić information content (AvgIpc) is 3.37. The van der Waals surface area contributed by atoms with Gasteiger partial charge in [-0.05, 0) is 39.7 Å². The highest BCUT2D eigenvalue weighted by atomic mass is 19.4. The van der Waals surface area contributed by atoms with Crippen LogP contribution in [0.2, 0.25) is 0 Å². The minimum atomic E-state index is -4.77. The first-order valence-corrected chi connectivity index (χ1v) is 8.03. The van der Waals surface area contributed by atoms with Crippen LogP contribution < -0.4 is 0 Å². The van der Waals surface area contributed by atoms with Crippen molar-refractivity contribution in [3.05, 3.63) is 23.3 Å². The molecule has 0 aliphatic heterocycles. The summed E-state index contributed by atoms with van der Waals surface area (Å²) in [6, 6.07) is 0.510. The minimum absolute atomic E-state index is 0.0819. The molecule has 27 heavy (non-hydrogen) atoms. The number of amidine groups is 1. The Morgan fingerprint density at radius 2 is 1.89 bits per heavy atom. The summed E-state index contributed by atoms with van der Waals surface area (Å²) >= 11 is 0. The normalized spacial score (nSPS) is 14.6. The summed E-state index contributed by atoms with van der Waals surface area (Å²) in [6.45, 7) is 3.81. The molecule has 2 N–H and O–H groups in total. The maximum atomic E-state index is 13.1. The quantitative estimate of drug-likeness (QED) is 0.354. The van der Waals surface area contributed by atoms with Crippen molar-refractivity contribution >= 4 is 17.9 Å². The van der Waals surface area contributed by atoms with E-state index in [1.165, 1.54) is 0 Å². The van der Waals surface area contributed by atoms with Crippen molar-refractivity contribution in [1.82, 2.24) is 14.9 Å². The van der Waals surface area contributed by atoms with Crippen LogP contribution in [-0.4, -0.2) is 44.6 Å². The number of carbonyl (C=O) groups excluding carboxylic acids is 1. The van der Waals surface area contributed by atoms with Crippen LogP contribution in [0, 0.1) is 10.8 Å². The fourth-order valence-corrected chi connectivity index (χ4v) is 1.95. The number of esters is 1. The van der Waals surface area contributed by atoms with Gasteiger partial charge >= 0.3 is 18.2 Å². The summed E-state index contributed by atoms with van der Waals surface area (Å²) < 4.78 is 44.1. The number of carbonyl (C=O) groups is 2. The Hall–Kier alpha value is -2.72. The van der Waals surface area contributed by atoms with E-state index in [9.17, 15) is 27.9 Å². The van der Waals surface area contributed by atoms with Crippen LogP contribution in [-0.2, 0) is 15.7 Å². The molecule has 0 radical (unpaired) electrons. The summed E-state index contributed by atoms with van der Waals surface area (Å²) in [4.78, 5) is 30.9. The van der Waals surface area contributed by atoms with E-state index in [1.807, 2.05) is 0 Å². The summed E-state index contributed by atoms with van der Waals surface area (Å²) in [7, 11) is 0. The molecule has 1 amide bonds. The van der Waals surface area contributed by atoms with Gasteiger partial charge in [-0.2, -0.15) is 13.2 Å². The highest BCUT2D eigenvalue weighted by molar-refractivity contribution is 6.03. The number of ether oxygens (including phenoxy) is 1. The molecule has 1 aliphatic rings. The second-order valence-corrected chi connectivity index (χ2v) is 7.14. The van der Waals surface area contributed by atoms with Crippen molar-refractivity contribution in [2.75, 3.05) is 6.73 Å². The number of alkyl halides is 3. The maximum Gasteiger partial charge on any atom is 0.433 e. The fraction of sp³-hybridized carbons (Fsp3) is 0.562. The molecule has 2 rings (SSSR count). The van der Waals surface area contributed by atoms with Crippen molar-refractivity contribution in [2.24, 2.45) is 5.41 Å². The first kappa shape index (κ1) is 20.6. The van der Waals surface area contributed by atoms with Gasteiger partial charge in [0.25, 0.3) is 0 Å². The smallest absolute Gasteiger partial charge is 0.433 e. The predicted molar refractivity (Wildman–Crippen MR) is 86.1 cm³/mol. The monoisotopic (exact) mass is 388 g/mol. The lowest BCUT2D eigenvalue weighted by atomic mass is 9.98. The van der Waals surface area contributed by atoms with E-state index in [0.717, 1.165) is 0 Å². The van der Waals surface area contributed by atoms with Crippen molar-refractivity contribution in [3.8, 4) is 0 Å². The number of hydrogen-bond donors (Lipinski definition) is 2. The number of amides is 1. The lowest BCUT2D eigenvalue weighted by molar-refractivity contribution is -0.155. The molecule has 1 aliphatic carbocycles. The van der Waals surface area contributed by atoms with Crippen molar-refractivity contribution in [1.29, 1.82) is 5.41 Å². The lowest BCUT2D eigenvalue weighted by Gasteiger charge is -2.23. The minimum Gasteiger partial charge on any atom is -0.465 e. The van der Waals surface area contributed by atoms with Gasteiger partial charge in [-0.3, -0.25) is 10.2 Å². The van der Waals surface area contributed by atoms with E-state index < -0.39 is 47.6 Å². The molecule has 0 atom stereocenters. The third-order valence-electron chi connectivity index (χ3n) is 3.66. The second kappa shape index (κ2) is 7.12. The van der Waals surface area contributed by atoms with Gasteiger partial charge < -0.3 is 9.84 Å². The number of carboxylic acid groups (broad SMARTS) is 1. The summed E-state index contributed by atoms with van der Waals surface area (Å²) in [6.07, 6.45) is -5.18. The highest BCUT2D eigenvalue weighted by Gasteiger charge is 2.37. The molecule has 0 unspecified atom stereocenters. The van der Waals surface area contributed by atoms with Gasteiger partial charge in [0.1, 0.15) is 17.2 Å². The molecular weight excluding hydrogens is 369 g/mol. The third kappa shape index (κ3) is 5.14. The van der Waals surface area contributed by atoms with Gasteiger partial charge in [0.15, 0.2) is 12.6 Å².